The maximum atomic E-state index is 12.6. The first-order valence-corrected chi connectivity index (χ1v) is 7.30. The van der Waals surface area contributed by atoms with Crippen molar-refractivity contribution >= 4 is 17.4 Å². The minimum absolute atomic E-state index is 0.0346. The summed E-state index contributed by atoms with van der Waals surface area (Å²) in [6, 6.07) is 3.11. The van der Waals surface area contributed by atoms with E-state index >= 15 is 0 Å². The summed E-state index contributed by atoms with van der Waals surface area (Å²) >= 11 is 5.98. The molecule has 8 heteroatoms. The van der Waals surface area contributed by atoms with Crippen LogP contribution in [0.5, 0.6) is 0 Å². The van der Waals surface area contributed by atoms with Gasteiger partial charge in [-0.15, -0.1) is 0 Å². The highest BCUT2D eigenvalue weighted by Gasteiger charge is 2.32. The molecular formula is C14H14ClF3N4. The molecule has 0 bridgehead atoms. The number of halogens is 4. The molecule has 1 saturated heterocycles. The van der Waals surface area contributed by atoms with E-state index in [1.165, 1.54) is 0 Å². The zero-order chi connectivity index (χ0) is 15.7. The average molecular weight is 331 g/mol. The van der Waals surface area contributed by atoms with Crippen LogP contribution in [0.4, 0.5) is 19.0 Å². The fourth-order valence-electron chi connectivity index (χ4n) is 2.66. The van der Waals surface area contributed by atoms with Crippen molar-refractivity contribution in [2.75, 3.05) is 18.0 Å². The number of alkyl halides is 3. The Kier molecular flexibility index (Phi) is 3.99. The predicted octanol–water partition coefficient (Wildman–Crippen LogP) is 3.79. The number of aromatic nitrogens is 3. The molecule has 1 fully saturated rings. The molecule has 0 atom stereocenters. The molecule has 0 aliphatic carbocycles. The topological polar surface area (TPSA) is 34.0 Å². The summed E-state index contributed by atoms with van der Waals surface area (Å²) in [4.78, 5) is 5.83. The largest absolute Gasteiger partial charge is 0.417 e. The van der Waals surface area contributed by atoms with Crippen molar-refractivity contribution in [1.29, 1.82) is 0 Å². The van der Waals surface area contributed by atoms with Gasteiger partial charge >= 0.3 is 6.18 Å². The summed E-state index contributed by atoms with van der Waals surface area (Å²) in [5.74, 6) is 0.411. The lowest BCUT2D eigenvalue weighted by molar-refractivity contribution is -0.137. The van der Waals surface area contributed by atoms with Gasteiger partial charge in [-0.2, -0.15) is 18.3 Å². The quantitative estimate of drug-likeness (QED) is 0.840. The molecule has 0 unspecified atom stereocenters. The molecule has 2 aromatic heterocycles. The number of pyridine rings is 1. The highest BCUT2D eigenvalue weighted by atomic mass is 35.5. The fourth-order valence-corrected chi connectivity index (χ4v) is 2.94. The normalized spacial score (nSPS) is 17.0. The molecule has 0 spiro atoms. The van der Waals surface area contributed by atoms with E-state index in [1.807, 2.05) is 21.8 Å². The molecule has 0 aromatic carbocycles. The van der Waals surface area contributed by atoms with Crippen LogP contribution in [-0.2, 0) is 6.18 Å². The van der Waals surface area contributed by atoms with Crippen LogP contribution >= 0.6 is 11.6 Å². The minimum atomic E-state index is -4.43. The van der Waals surface area contributed by atoms with Crippen LogP contribution in [0.1, 0.15) is 24.4 Å². The molecule has 3 heterocycles. The summed E-state index contributed by atoms with van der Waals surface area (Å²) in [6.45, 7) is 1.37. The number of hydrogen-bond acceptors (Lipinski definition) is 3. The smallest absolute Gasteiger partial charge is 0.355 e. The second-order valence-corrected chi connectivity index (χ2v) is 5.64. The summed E-state index contributed by atoms with van der Waals surface area (Å²) in [6.07, 6.45) is 1.76. The van der Waals surface area contributed by atoms with Gasteiger partial charge < -0.3 is 4.90 Å². The Hall–Kier alpha value is -1.76. The Balaban J connectivity index is 1.71. The van der Waals surface area contributed by atoms with E-state index in [-0.39, 0.29) is 5.02 Å². The Morgan fingerprint density at radius 2 is 1.95 bits per heavy atom. The monoisotopic (exact) mass is 330 g/mol. The molecule has 1 aliphatic heterocycles. The summed E-state index contributed by atoms with van der Waals surface area (Å²) in [5, 5.41) is 4.26. The van der Waals surface area contributed by atoms with Crippen LogP contribution in [0, 0.1) is 0 Å². The van der Waals surface area contributed by atoms with E-state index in [2.05, 4.69) is 10.1 Å². The van der Waals surface area contributed by atoms with E-state index < -0.39 is 11.7 Å². The number of anilines is 1. The van der Waals surface area contributed by atoms with Crippen molar-refractivity contribution in [2.24, 2.45) is 0 Å². The third kappa shape index (κ3) is 3.04. The van der Waals surface area contributed by atoms with E-state index in [9.17, 15) is 13.2 Å². The first-order valence-electron chi connectivity index (χ1n) is 6.92. The lowest BCUT2D eigenvalue weighted by atomic mass is 10.1. The van der Waals surface area contributed by atoms with Crippen molar-refractivity contribution in [2.45, 2.75) is 25.1 Å². The van der Waals surface area contributed by atoms with Crippen LogP contribution < -0.4 is 4.90 Å². The van der Waals surface area contributed by atoms with Crippen LogP contribution in [0.25, 0.3) is 0 Å². The van der Waals surface area contributed by atoms with Gasteiger partial charge in [-0.3, -0.25) is 4.68 Å². The molecular weight excluding hydrogens is 317 g/mol. The Morgan fingerprint density at radius 3 is 2.50 bits per heavy atom. The lowest BCUT2D eigenvalue weighted by Gasteiger charge is -2.33. The van der Waals surface area contributed by atoms with Crippen molar-refractivity contribution in [3.63, 3.8) is 0 Å². The van der Waals surface area contributed by atoms with E-state index in [0.29, 0.717) is 24.9 Å². The molecule has 0 N–H and O–H groups in total. The second kappa shape index (κ2) is 5.79. The minimum Gasteiger partial charge on any atom is -0.355 e. The number of piperidine rings is 1. The Labute approximate surface area is 130 Å². The molecule has 0 amide bonds. The molecule has 22 heavy (non-hydrogen) atoms. The first-order chi connectivity index (χ1) is 10.4. The lowest BCUT2D eigenvalue weighted by Crippen LogP contribution is -2.35. The Morgan fingerprint density at radius 1 is 1.23 bits per heavy atom. The average Bonchev–Trinajstić information content (AvgIpc) is 3.01. The zero-order valence-electron chi connectivity index (χ0n) is 11.6. The van der Waals surface area contributed by atoms with E-state index in [1.54, 1.807) is 6.20 Å². The van der Waals surface area contributed by atoms with E-state index in [0.717, 1.165) is 25.1 Å². The maximum absolute atomic E-state index is 12.6. The van der Waals surface area contributed by atoms with Crippen LogP contribution in [-0.4, -0.2) is 27.9 Å². The van der Waals surface area contributed by atoms with Gasteiger partial charge in [-0.1, -0.05) is 11.6 Å². The summed E-state index contributed by atoms with van der Waals surface area (Å²) < 4.78 is 39.8. The number of rotatable bonds is 2. The summed E-state index contributed by atoms with van der Waals surface area (Å²) in [7, 11) is 0. The van der Waals surface area contributed by atoms with Gasteiger partial charge in [-0.05, 0) is 25.0 Å². The van der Waals surface area contributed by atoms with Gasteiger partial charge in [0.25, 0.3) is 0 Å². The van der Waals surface area contributed by atoms with Gasteiger partial charge in [0.05, 0.1) is 16.6 Å². The van der Waals surface area contributed by atoms with Crippen LogP contribution in [0.2, 0.25) is 5.02 Å². The van der Waals surface area contributed by atoms with Gasteiger partial charge in [0, 0.05) is 31.7 Å². The van der Waals surface area contributed by atoms with Crippen LogP contribution in [0.3, 0.4) is 0 Å². The molecule has 4 nitrogen and oxygen atoms in total. The first kappa shape index (κ1) is 15.1. The maximum Gasteiger partial charge on any atom is 0.417 e. The number of nitrogens with zero attached hydrogens (tertiary/aromatic N) is 4. The predicted molar refractivity (Wildman–Crippen MR) is 77.0 cm³/mol. The molecule has 118 valence electrons. The fraction of sp³-hybridized carbons (Fsp3) is 0.429. The number of hydrogen-bond donors (Lipinski definition) is 0. The van der Waals surface area contributed by atoms with Crippen molar-refractivity contribution in [3.8, 4) is 0 Å². The van der Waals surface area contributed by atoms with Gasteiger partial charge in [0.15, 0.2) is 0 Å². The molecule has 1 aliphatic rings. The van der Waals surface area contributed by atoms with E-state index in [4.69, 9.17) is 11.6 Å². The highest BCUT2D eigenvalue weighted by Crippen LogP contribution is 2.35. The van der Waals surface area contributed by atoms with Crippen molar-refractivity contribution in [1.82, 2.24) is 14.8 Å². The Bertz CT molecular complexity index is 634. The van der Waals surface area contributed by atoms with Crippen molar-refractivity contribution < 1.29 is 13.2 Å². The van der Waals surface area contributed by atoms with Gasteiger partial charge in [-0.25, -0.2) is 4.98 Å². The van der Waals surface area contributed by atoms with Crippen molar-refractivity contribution in [3.05, 3.63) is 41.3 Å². The zero-order valence-corrected chi connectivity index (χ0v) is 12.3. The summed E-state index contributed by atoms with van der Waals surface area (Å²) in [5.41, 5.74) is -0.826. The highest BCUT2D eigenvalue weighted by molar-refractivity contribution is 6.33. The SMILES string of the molecule is FC(F)(F)c1cnc(N2CCC(n3cccn3)CC2)c(Cl)c1. The van der Waals surface area contributed by atoms with Crippen LogP contribution in [0.15, 0.2) is 30.7 Å². The molecule has 0 saturated carbocycles. The molecule has 0 radical (unpaired) electrons. The van der Waals surface area contributed by atoms with Gasteiger partial charge in [0.2, 0.25) is 0 Å². The molecule has 2 aromatic rings. The second-order valence-electron chi connectivity index (χ2n) is 5.23. The third-order valence-electron chi connectivity index (χ3n) is 3.81. The molecule has 3 rings (SSSR count). The standard InChI is InChI=1S/C14H14ClF3N4/c15-12-8-10(14(16,17)18)9-19-13(12)21-6-2-11(3-7-21)22-5-1-4-20-22/h1,4-5,8-9,11H,2-3,6-7H2. The van der Waals surface area contributed by atoms with Gasteiger partial charge in [0.1, 0.15) is 5.82 Å². The third-order valence-corrected chi connectivity index (χ3v) is 4.09.